The summed E-state index contributed by atoms with van der Waals surface area (Å²) in [5, 5.41) is 0.810. The van der Waals surface area contributed by atoms with Crippen LogP contribution >= 0.6 is 23.4 Å². The molecular formula is C23H26ClN3O2S. The number of amides is 1. The molecule has 0 radical (unpaired) electrons. The summed E-state index contributed by atoms with van der Waals surface area (Å²) in [7, 11) is 0. The number of piperazine rings is 1. The fraction of sp³-hybridized carbons (Fsp3) is 0.435. The lowest BCUT2D eigenvalue weighted by atomic mass is 9.96. The minimum Gasteiger partial charge on any atom is -0.448 e. The second-order valence-electron chi connectivity index (χ2n) is 8.09. The van der Waals surface area contributed by atoms with E-state index in [1.165, 1.54) is 20.9 Å². The minimum absolute atomic E-state index is 0.168. The second-order valence-corrected chi connectivity index (χ2v) is 9.61. The Morgan fingerprint density at radius 2 is 1.83 bits per heavy atom. The number of hydrogen-bond acceptors (Lipinski definition) is 5. The number of fused-ring (bicyclic) bond motifs is 2. The van der Waals surface area contributed by atoms with E-state index in [0.29, 0.717) is 12.6 Å². The summed E-state index contributed by atoms with van der Waals surface area (Å²) in [6, 6.07) is 15.5. The summed E-state index contributed by atoms with van der Waals surface area (Å²) in [4.78, 5) is 21.2. The van der Waals surface area contributed by atoms with Crippen LogP contribution in [0.5, 0.6) is 0 Å². The number of benzene rings is 2. The number of nitrogens with zero attached hydrogens (tertiary/aromatic N) is 3. The first-order chi connectivity index (χ1) is 14.7. The molecule has 0 N–H and O–H groups in total. The van der Waals surface area contributed by atoms with Crippen LogP contribution in [0, 0.1) is 0 Å². The Balaban J connectivity index is 1.28. The minimum atomic E-state index is -0.168. The quantitative estimate of drug-likeness (QED) is 0.709. The molecule has 0 spiro atoms. The van der Waals surface area contributed by atoms with Crippen LogP contribution in [0.4, 0.5) is 4.79 Å². The van der Waals surface area contributed by atoms with E-state index < -0.39 is 0 Å². The van der Waals surface area contributed by atoms with Crippen LogP contribution in [0.25, 0.3) is 0 Å². The highest BCUT2D eigenvalue weighted by Gasteiger charge is 2.30. The first-order valence-corrected chi connectivity index (χ1v) is 11.8. The maximum atomic E-state index is 11.6. The van der Waals surface area contributed by atoms with Gasteiger partial charge in [0.05, 0.1) is 6.54 Å². The van der Waals surface area contributed by atoms with E-state index in [0.717, 1.165) is 57.3 Å². The highest BCUT2D eigenvalue weighted by Crippen LogP contribution is 2.43. The maximum absolute atomic E-state index is 11.6. The van der Waals surface area contributed by atoms with Gasteiger partial charge >= 0.3 is 6.09 Å². The van der Waals surface area contributed by atoms with Gasteiger partial charge in [0.2, 0.25) is 0 Å². The standard InChI is InChI=1S/C23H26ClN3O2S/c24-18-5-6-21-17(15-18)16-20(19-3-1-2-4-22(19)30-21)26-10-7-25(8-11-26)9-12-27-13-14-29-23(27)28/h1-6,15,20H,7-14,16H2. The zero-order valence-corrected chi connectivity index (χ0v) is 18.5. The third-order valence-electron chi connectivity index (χ3n) is 6.31. The van der Waals surface area contributed by atoms with Crippen LogP contribution in [0.2, 0.25) is 5.02 Å². The highest BCUT2D eigenvalue weighted by molar-refractivity contribution is 7.99. The van der Waals surface area contributed by atoms with Crippen molar-refractivity contribution in [1.82, 2.24) is 14.7 Å². The van der Waals surface area contributed by atoms with E-state index >= 15 is 0 Å². The molecule has 30 heavy (non-hydrogen) atoms. The van der Waals surface area contributed by atoms with Crippen LogP contribution in [0.1, 0.15) is 17.2 Å². The largest absolute Gasteiger partial charge is 0.448 e. The van der Waals surface area contributed by atoms with Crippen LogP contribution in [-0.4, -0.2) is 73.2 Å². The summed E-state index contributed by atoms with van der Waals surface area (Å²) < 4.78 is 5.03. The Morgan fingerprint density at radius 1 is 1.00 bits per heavy atom. The van der Waals surface area contributed by atoms with Gasteiger partial charge in [-0.3, -0.25) is 9.80 Å². The number of hydrogen-bond donors (Lipinski definition) is 0. The van der Waals surface area contributed by atoms with E-state index in [-0.39, 0.29) is 6.09 Å². The molecule has 2 saturated heterocycles. The van der Waals surface area contributed by atoms with Gasteiger partial charge in [-0.15, -0.1) is 0 Å². The van der Waals surface area contributed by atoms with E-state index in [2.05, 4.69) is 46.2 Å². The van der Waals surface area contributed by atoms with Crippen LogP contribution in [0.3, 0.4) is 0 Å². The van der Waals surface area contributed by atoms with Crippen molar-refractivity contribution in [2.75, 3.05) is 52.4 Å². The molecule has 7 heteroatoms. The summed E-state index contributed by atoms with van der Waals surface area (Å²) in [5.74, 6) is 0. The first-order valence-electron chi connectivity index (χ1n) is 10.6. The smallest absolute Gasteiger partial charge is 0.409 e. The van der Waals surface area contributed by atoms with Gasteiger partial charge in [0.25, 0.3) is 0 Å². The number of ether oxygens (including phenoxy) is 1. The first kappa shape index (κ1) is 20.2. The molecular weight excluding hydrogens is 418 g/mol. The van der Waals surface area contributed by atoms with Crippen molar-refractivity contribution in [1.29, 1.82) is 0 Å². The summed E-state index contributed by atoms with van der Waals surface area (Å²) in [6.07, 6.45) is 0.818. The second kappa shape index (κ2) is 8.79. The van der Waals surface area contributed by atoms with Crippen molar-refractivity contribution < 1.29 is 9.53 Å². The average molecular weight is 444 g/mol. The lowest BCUT2D eigenvalue weighted by molar-refractivity contribution is 0.0889. The van der Waals surface area contributed by atoms with Crippen LogP contribution < -0.4 is 0 Å². The maximum Gasteiger partial charge on any atom is 0.409 e. The molecule has 5 nitrogen and oxygen atoms in total. The number of rotatable bonds is 4. The monoisotopic (exact) mass is 443 g/mol. The molecule has 3 aliphatic heterocycles. The number of halogens is 1. The SMILES string of the molecule is O=C1OCCN1CCN1CCN(C2Cc3cc(Cl)ccc3Sc3ccccc32)CC1. The highest BCUT2D eigenvalue weighted by atomic mass is 35.5. The number of carbonyl (C=O) groups excluding carboxylic acids is 1. The molecule has 3 aliphatic rings. The predicted octanol–water partition coefficient (Wildman–Crippen LogP) is 4.16. The Hall–Kier alpha value is -1.73. The average Bonchev–Trinajstić information content (AvgIpc) is 3.10. The van der Waals surface area contributed by atoms with Crippen molar-refractivity contribution in [3.05, 3.63) is 58.6 Å². The van der Waals surface area contributed by atoms with Crippen molar-refractivity contribution in [3.8, 4) is 0 Å². The molecule has 1 unspecified atom stereocenters. The zero-order valence-electron chi connectivity index (χ0n) is 16.9. The van der Waals surface area contributed by atoms with Gasteiger partial charge in [-0.05, 0) is 41.8 Å². The zero-order chi connectivity index (χ0) is 20.5. The van der Waals surface area contributed by atoms with Crippen LogP contribution in [0.15, 0.2) is 52.3 Å². The Bertz CT molecular complexity index is 932. The Labute approximate surface area is 186 Å². The van der Waals surface area contributed by atoms with E-state index in [1.54, 1.807) is 0 Å². The molecule has 1 amide bonds. The molecule has 0 aliphatic carbocycles. The lowest BCUT2D eigenvalue weighted by Gasteiger charge is -2.40. The Kier molecular flexibility index (Phi) is 5.92. The van der Waals surface area contributed by atoms with Crippen molar-refractivity contribution in [3.63, 3.8) is 0 Å². The Morgan fingerprint density at radius 3 is 2.63 bits per heavy atom. The molecule has 3 heterocycles. The van der Waals surface area contributed by atoms with Gasteiger partial charge in [-0.2, -0.15) is 0 Å². The molecule has 0 aromatic heterocycles. The van der Waals surface area contributed by atoms with Gasteiger partial charge in [0.15, 0.2) is 0 Å². The molecule has 1 atom stereocenters. The molecule has 2 fully saturated rings. The van der Waals surface area contributed by atoms with Crippen molar-refractivity contribution in [2.45, 2.75) is 22.3 Å². The van der Waals surface area contributed by atoms with Crippen LogP contribution in [-0.2, 0) is 11.2 Å². The number of carbonyl (C=O) groups is 1. The van der Waals surface area contributed by atoms with Gasteiger partial charge in [0.1, 0.15) is 6.61 Å². The molecule has 0 saturated carbocycles. The summed E-state index contributed by atoms with van der Waals surface area (Å²) in [6.45, 7) is 7.03. The van der Waals surface area contributed by atoms with Crippen molar-refractivity contribution >= 4 is 29.5 Å². The third kappa shape index (κ3) is 4.19. The van der Waals surface area contributed by atoms with Gasteiger partial charge in [-0.25, -0.2) is 4.79 Å². The summed E-state index contributed by atoms with van der Waals surface area (Å²) in [5.41, 5.74) is 2.76. The van der Waals surface area contributed by atoms with Crippen molar-refractivity contribution in [2.24, 2.45) is 0 Å². The van der Waals surface area contributed by atoms with Gasteiger partial charge < -0.3 is 9.64 Å². The third-order valence-corrected chi connectivity index (χ3v) is 7.76. The normalized spacial score (nSPS) is 22.4. The molecule has 2 aromatic carbocycles. The lowest BCUT2D eigenvalue weighted by Crippen LogP contribution is -2.49. The van der Waals surface area contributed by atoms with E-state index in [9.17, 15) is 4.79 Å². The van der Waals surface area contributed by atoms with Gasteiger partial charge in [-0.1, -0.05) is 41.6 Å². The fourth-order valence-corrected chi connectivity index (χ4v) is 5.92. The predicted molar refractivity (Wildman–Crippen MR) is 119 cm³/mol. The van der Waals surface area contributed by atoms with E-state index in [1.807, 2.05) is 22.7 Å². The molecule has 0 bridgehead atoms. The fourth-order valence-electron chi connectivity index (χ4n) is 4.61. The summed E-state index contributed by atoms with van der Waals surface area (Å²) >= 11 is 8.18. The van der Waals surface area contributed by atoms with Gasteiger partial charge in [0, 0.05) is 60.1 Å². The van der Waals surface area contributed by atoms with E-state index in [4.69, 9.17) is 16.3 Å². The molecule has 158 valence electrons. The molecule has 5 rings (SSSR count). The number of cyclic esters (lactones) is 1. The topological polar surface area (TPSA) is 36.0 Å². The molecule has 2 aromatic rings.